The zero-order chi connectivity index (χ0) is 17.6. The molecule has 2 heterocycles. The highest BCUT2D eigenvalue weighted by atomic mass is 16.6. The summed E-state index contributed by atoms with van der Waals surface area (Å²) in [7, 11) is 0. The van der Waals surface area contributed by atoms with Gasteiger partial charge in [-0.25, -0.2) is 9.78 Å². The Balaban J connectivity index is 1.95. The average molecular weight is 336 g/mol. The molecule has 1 atom stereocenters. The standard InChI is InChI=1S/C17H12N4O4/c22-16(23)13-9-15(10-4-3-5-11(8-10)21(24)25)20-14-7-2-1-6-12(14)18-17(20)19-13/h1-9,15H,(H,18,19)(H,22,23)/t15-/m0/s1. The van der Waals surface area contributed by atoms with Crippen molar-refractivity contribution in [3.8, 4) is 0 Å². The number of nitro benzene ring substituents is 1. The Hall–Kier alpha value is -3.68. The lowest BCUT2D eigenvalue weighted by atomic mass is 10.0. The van der Waals surface area contributed by atoms with Gasteiger partial charge in [0.15, 0.2) is 0 Å². The fourth-order valence-corrected chi connectivity index (χ4v) is 3.00. The molecule has 0 aliphatic carbocycles. The van der Waals surface area contributed by atoms with Gasteiger partial charge in [0.1, 0.15) is 5.70 Å². The summed E-state index contributed by atoms with van der Waals surface area (Å²) in [5.74, 6) is -0.730. The molecule has 25 heavy (non-hydrogen) atoms. The summed E-state index contributed by atoms with van der Waals surface area (Å²) in [5, 5.41) is 23.3. The molecule has 8 heteroatoms. The molecule has 0 radical (unpaired) electrons. The van der Waals surface area contributed by atoms with E-state index in [1.54, 1.807) is 12.1 Å². The summed E-state index contributed by atoms with van der Waals surface area (Å²) in [4.78, 5) is 26.5. The van der Waals surface area contributed by atoms with Crippen molar-refractivity contribution < 1.29 is 14.8 Å². The van der Waals surface area contributed by atoms with Crippen molar-refractivity contribution in [3.05, 3.63) is 76.0 Å². The van der Waals surface area contributed by atoms with Crippen LogP contribution in [0.25, 0.3) is 11.0 Å². The number of carboxylic acid groups (broad SMARTS) is 1. The van der Waals surface area contributed by atoms with E-state index < -0.39 is 16.9 Å². The molecule has 0 spiro atoms. The Morgan fingerprint density at radius 1 is 1.24 bits per heavy atom. The zero-order valence-electron chi connectivity index (χ0n) is 12.8. The lowest BCUT2D eigenvalue weighted by Crippen LogP contribution is -2.23. The van der Waals surface area contributed by atoms with E-state index in [-0.39, 0.29) is 11.4 Å². The number of hydrogen-bond donors (Lipinski definition) is 2. The minimum atomic E-state index is -1.12. The highest BCUT2D eigenvalue weighted by Gasteiger charge is 2.27. The maximum Gasteiger partial charge on any atom is 0.352 e. The summed E-state index contributed by atoms with van der Waals surface area (Å²) in [6.07, 6.45) is 1.53. The molecule has 1 aromatic heterocycles. The minimum Gasteiger partial charge on any atom is -0.477 e. The Morgan fingerprint density at radius 2 is 2.04 bits per heavy atom. The number of nitrogens with one attached hydrogen (secondary N) is 1. The molecule has 2 aromatic carbocycles. The summed E-state index contributed by atoms with van der Waals surface area (Å²) in [6, 6.07) is 13.1. The first kappa shape index (κ1) is 14.9. The number of para-hydroxylation sites is 2. The van der Waals surface area contributed by atoms with Gasteiger partial charge < -0.3 is 10.4 Å². The monoisotopic (exact) mass is 336 g/mol. The van der Waals surface area contributed by atoms with Crippen molar-refractivity contribution in [2.45, 2.75) is 6.04 Å². The summed E-state index contributed by atoms with van der Waals surface area (Å²) in [5.41, 5.74) is 2.06. The van der Waals surface area contributed by atoms with Crippen LogP contribution in [0.15, 0.2) is 60.3 Å². The predicted molar refractivity (Wildman–Crippen MR) is 90.3 cm³/mol. The number of nitrogens with zero attached hydrogens (tertiary/aromatic N) is 3. The smallest absolute Gasteiger partial charge is 0.352 e. The van der Waals surface area contributed by atoms with Gasteiger partial charge in [0, 0.05) is 12.1 Å². The van der Waals surface area contributed by atoms with Crippen LogP contribution in [0.5, 0.6) is 0 Å². The molecule has 4 rings (SSSR count). The number of carbonyl (C=O) groups is 1. The fourth-order valence-electron chi connectivity index (χ4n) is 3.00. The number of nitro groups is 1. The highest BCUT2D eigenvalue weighted by molar-refractivity contribution is 5.92. The minimum absolute atomic E-state index is 0.0145. The third-order valence-corrected chi connectivity index (χ3v) is 4.10. The lowest BCUT2D eigenvalue weighted by molar-refractivity contribution is -0.384. The van der Waals surface area contributed by atoms with Gasteiger partial charge in [-0.2, -0.15) is 0 Å². The molecular formula is C17H12N4O4. The molecule has 0 saturated carbocycles. The van der Waals surface area contributed by atoms with Gasteiger partial charge in [0.2, 0.25) is 5.95 Å². The van der Waals surface area contributed by atoms with Crippen molar-refractivity contribution in [2.24, 2.45) is 0 Å². The molecule has 8 nitrogen and oxygen atoms in total. The van der Waals surface area contributed by atoms with Gasteiger partial charge in [0.25, 0.3) is 5.69 Å². The second-order valence-electron chi connectivity index (χ2n) is 5.60. The second-order valence-corrected chi connectivity index (χ2v) is 5.60. The maximum atomic E-state index is 11.5. The van der Waals surface area contributed by atoms with E-state index in [0.29, 0.717) is 17.0 Å². The topological polar surface area (TPSA) is 110 Å². The molecule has 1 aliphatic heterocycles. The summed E-state index contributed by atoms with van der Waals surface area (Å²) < 4.78 is 1.83. The molecule has 0 bridgehead atoms. The van der Waals surface area contributed by atoms with Gasteiger partial charge in [-0.1, -0.05) is 24.3 Å². The van der Waals surface area contributed by atoms with Crippen LogP contribution in [0, 0.1) is 10.1 Å². The number of non-ortho nitro benzene ring substituents is 1. The number of imidazole rings is 1. The van der Waals surface area contributed by atoms with Crippen LogP contribution in [0.3, 0.4) is 0 Å². The van der Waals surface area contributed by atoms with Gasteiger partial charge in [-0.05, 0) is 23.8 Å². The van der Waals surface area contributed by atoms with E-state index in [1.807, 2.05) is 28.8 Å². The van der Waals surface area contributed by atoms with Crippen molar-refractivity contribution in [2.75, 3.05) is 5.32 Å². The Morgan fingerprint density at radius 3 is 2.80 bits per heavy atom. The van der Waals surface area contributed by atoms with Crippen LogP contribution in [-0.2, 0) is 4.79 Å². The first-order valence-electron chi connectivity index (χ1n) is 7.48. The number of benzene rings is 2. The number of rotatable bonds is 3. The maximum absolute atomic E-state index is 11.5. The van der Waals surface area contributed by atoms with Crippen LogP contribution >= 0.6 is 0 Å². The third-order valence-electron chi connectivity index (χ3n) is 4.10. The molecule has 0 fully saturated rings. The number of aliphatic carboxylic acids is 1. The number of allylic oxidation sites excluding steroid dienone is 1. The first-order chi connectivity index (χ1) is 12.0. The van der Waals surface area contributed by atoms with Crippen molar-refractivity contribution in [1.82, 2.24) is 9.55 Å². The van der Waals surface area contributed by atoms with Crippen LogP contribution in [0.2, 0.25) is 0 Å². The van der Waals surface area contributed by atoms with E-state index in [2.05, 4.69) is 10.3 Å². The molecule has 2 N–H and O–H groups in total. The van der Waals surface area contributed by atoms with Crippen LogP contribution < -0.4 is 5.32 Å². The fraction of sp³-hybridized carbons (Fsp3) is 0.0588. The molecule has 124 valence electrons. The number of fused-ring (bicyclic) bond motifs is 3. The molecule has 0 saturated heterocycles. The van der Waals surface area contributed by atoms with Crippen LogP contribution in [0.4, 0.5) is 11.6 Å². The first-order valence-corrected chi connectivity index (χ1v) is 7.48. The quantitative estimate of drug-likeness (QED) is 0.562. The van der Waals surface area contributed by atoms with E-state index in [9.17, 15) is 20.0 Å². The molecule has 0 amide bonds. The Labute approximate surface area is 141 Å². The summed E-state index contributed by atoms with van der Waals surface area (Å²) in [6.45, 7) is 0. The van der Waals surface area contributed by atoms with Crippen molar-refractivity contribution >= 4 is 28.6 Å². The zero-order valence-corrected chi connectivity index (χ0v) is 12.8. The van der Waals surface area contributed by atoms with Gasteiger partial charge >= 0.3 is 5.97 Å². The van der Waals surface area contributed by atoms with Crippen LogP contribution in [-0.4, -0.2) is 25.6 Å². The predicted octanol–water partition coefficient (Wildman–Crippen LogP) is 2.93. The third kappa shape index (κ3) is 2.40. The molecule has 1 aliphatic rings. The van der Waals surface area contributed by atoms with E-state index in [1.165, 1.54) is 18.2 Å². The lowest BCUT2D eigenvalue weighted by Gasteiger charge is -2.24. The van der Waals surface area contributed by atoms with Gasteiger partial charge in [0.05, 0.1) is 22.0 Å². The van der Waals surface area contributed by atoms with E-state index in [0.717, 1.165) is 5.52 Å². The number of carboxylic acids is 1. The number of anilines is 1. The van der Waals surface area contributed by atoms with E-state index >= 15 is 0 Å². The molecule has 3 aromatic rings. The normalized spacial score (nSPS) is 16.0. The molecule has 0 unspecified atom stereocenters. The summed E-state index contributed by atoms with van der Waals surface area (Å²) >= 11 is 0. The Bertz CT molecular complexity index is 1050. The largest absolute Gasteiger partial charge is 0.477 e. The van der Waals surface area contributed by atoms with E-state index in [4.69, 9.17) is 0 Å². The van der Waals surface area contributed by atoms with Crippen molar-refractivity contribution in [3.63, 3.8) is 0 Å². The van der Waals surface area contributed by atoms with Gasteiger partial charge in [-0.3, -0.25) is 14.7 Å². The second kappa shape index (κ2) is 5.45. The number of hydrogen-bond acceptors (Lipinski definition) is 5. The van der Waals surface area contributed by atoms with Crippen molar-refractivity contribution in [1.29, 1.82) is 0 Å². The highest BCUT2D eigenvalue weighted by Crippen LogP contribution is 2.35. The van der Waals surface area contributed by atoms with Crippen LogP contribution in [0.1, 0.15) is 11.6 Å². The molecular weight excluding hydrogens is 324 g/mol. The average Bonchev–Trinajstić information content (AvgIpc) is 2.99. The Kier molecular flexibility index (Phi) is 3.24. The number of aromatic nitrogens is 2. The van der Waals surface area contributed by atoms with Gasteiger partial charge in [-0.15, -0.1) is 0 Å². The SMILES string of the molecule is O=C(O)C1=C[C@@H](c2cccc([N+](=O)[O-])c2)n2c(nc3ccccc32)N1.